The average Bonchev–Trinajstić information content (AvgIpc) is 2.87. The van der Waals surface area contributed by atoms with E-state index in [0.717, 1.165) is 24.1 Å². The lowest BCUT2D eigenvalue weighted by Gasteiger charge is -2.23. The van der Waals surface area contributed by atoms with E-state index in [9.17, 15) is 9.59 Å². The highest BCUT2D eigenvalue weighted by atomic mass is 16.2. The molecule has 0 aliphatic carbocycles. The molecule has 1 heterocycles. The summed E-state index contributed by atoms with van der Waals surface area (Å²) in [6.45, 7) is 2.59. The van der Waals surface area contributed by atoms with E-state index in [-0.39, 0.29) is 18.0 Å². The molecule has 1 aliphatic rings. The van der Waals surface area contributed by atoms with Gasteiger partial charge in [-0.1, -0.05) is 12.1 Å². The fraction of sp³-hybridized carbons (Fsp3) is 0.429. The van der Waals surface area contributed by atoms with Crippen LogP contribution in [-0.2, 0) is 4.79 Å². The van der Waals surface area contributed by atoms with Gasteiger partial charge < -0.3 is 15.5 Å². The van der Waals surface area contributed by atoms with Crippen molar-refractivity contribution in [2.24, 2.45) is 0 Å². The molecular weight excluding hydrogens is 242 g/mol. The molecule has 2 rings (SSSR count). The molecule has 1 aromatic carbocycles. The van der Waals surface area contributed by atoms with Crippen molar-refractivity contribution in [3.05, 3.63) is 29.8 Å². The molecule has 1 aromatic rings. The number of likely N-dealkylation sites (N-methyl/N-ethyl adjacent to an activating group) is 1. The van der Waals surface area contributed by atoms with Crippen LogP contribution in [0.4, 0.5) is 10.5 Å². The smallest absolute Gasteiger partial charge is 0.322 e. The third-order valence-corrected chi connectivity index (χ3v) is 3.33. The Labute approximate surface area is 113 Å². The summed E-state index contributed by atoms with van der Waals surface area (Å²) >= 11 is 0. The molecule has 0 aromatic heterocycles. The molecule has 2 N–H and O–H groups in total. The third-order valence-electron chi connectivity index (χ3n) is 3.33. The number of carbonyl (C=O) groups excluding carboxylic acids is 2. The average molecular weight is 261 g/mol. The first-order valence-electron chi connectivity index (χ1n) is 6.47. The summed E-state index contributed by atoms with van der Waals surface area (Å²) in [5.74, 6) is -0.100. The van der Waals surface area contributed by atoms with E-state index in [0.29, 0.717) is 6.54 Å². The van der Waals surface area contributed by atoms with Crippen molar-refractivity contribution in [1.82, 2.24) is 10.2 Å². The van der Waals surface area contributed by atoms with E-state index in [1.807, 2.05) is 31.2 Å². The first kappa shape index (κ1) is 13.4. The van der Waals surface area contributed by atoms with Crippen LogP contribution in [0.1, 0.15) is 18.4 Å². The Kier molecular flexibility index (Phi) is 4.04. The number of nitrogens with zero attached hydrogens (tertiary/aromatic N) is 1. The van der Waals surface area contributed by atoms with Crippen LogP contribution in [0.5, 0.6) is 0 Å². The van der Waals surface area contributed by atoms with E-state index in [4.69, 9.17) is 0 Å². The molecule has 5 heteroatoms. The van der Waals surface area contributed by atoms with Gasteiger partial charge in [0.1, 0.15) is 6.04 Å². The van der Waals surface area contributed by atoms with Crippen LogP contribution < -0.4 is 10.6 Å². The predicted molar refractivity (Wildman–Crippen MR) is 74.0 cm³/mol. The number of benzene rings is 1. The minimum atomic E-state index is -0.352. The maximum absolute atomic E-state index is 12.2. The van der Waals surface area contributed by atoms with Crippen LogP contribution in [-0.4, -0.2) is 36.5 Å². The molecular formula is C14H19N3O2. The van der Waals surface area contributed by atoms with Gasteiger partial charge in [-0.2, -0.15) is 0 Å². The number of rotatable bonds is 2. The quantitative estimate of drug-likeness (QED) is 0.851. The maximum Gasteiger partial charge on any atom is 0.322 e. The second-order valence-electron chi connectivity index (χ2n) is 4.77. The number of amides is 3. The van der Waals surface area contributed by atoms with E-state index in [2.05, 4.69) is 10.6 Å². The van der Waals surface area contributed by atoms with Crippen molar-refractivity contribution in [3.63, 3.8) is 0 Å². The zero-order valence-corrected chi connectivity index (χ0v) is 11.3. The molecule has 102 valence electrons. The number of hydrogen-bond acceptors (Lipinski definition) is 2. The SMILES string of the molecule is CNC(=O)[C@H]1CCCN1C(=O)Nc1cccc(C)c1. The van der Waals surface area contributed by atoms with Crippen molar-refractivity contribution in [1.29, 1.82) is 0 Å². The van der Waals surface area contributed by atoms with Gasteiger partial charge in [-0.25, -0.2) is 4.79 Å². The number of urea groups is 1. The molecule has 0 radical (unpaired) electrons. The normalized spacial score (nSPS) is 18.2. The van der Waals surface area contributed by atoms with Gasteiger partial charge in [-0.15, -0.1) is 0 Å². The van der Waals surface area contributed by atoms with E-state index in [1.54, 1.807) is 11.9 Å². The lowest BCUT2D eigenvalue weighted by atomic mass is 10.2. The summed E-state index contributed by atoms with van der Waals surface area (Å²) in [7, 11) is 1.59. The summed E-state index contributed by atoms with van der Waals surface area (Å²) in [6.07, 6.45) is 1.58. The van der Waals surface area contributed by atoms with E-state index < -0.39 is 0 Å². The minimum Gasteiger partial charge on any atom is -0.357 e. The van der Waals surface area contributed by atoms with Crippen molar-refractivity contribution >= 4 is 17.6 Å². The van der Waals surface area contributed by atoms with Crippen LogP contribution in [0.2, 0.25) is 0 Å². The first-order valence-corrected chi connectivity index (χ1v) is 6.47. The second-order valence-corrected chi connectivity index (χ2v) is 4.77. The van der Waals surface area contributed by atoms with Crippen LogP contribution in [0, 0.1) is 6.92 Å². The minimum absolute atomic E-state index is 0.100. The molecule has 0 saturated carbocycles. The summed E-state index contributed by atoms with van der Waals surface area (Å²) in [5.41, 5.74) is 1.84. The number of hydrogen-bond donors (Lipinski definition) is 2. The molecule has 3 amide bonds. The van der Waals surface area contributed by atoms with Gasteiger partial charge in [0.25, 0.3) is 0 Å². The lowest BCUT2D eigenvalue weighted by molar-refractivity contribution is -0.124. The topological polar surface area (TPSA) is 61.4 Å². The molecule has 1 fully saturated rings. The van der Waals surface area contributed by atoms with E-state index in [1.165, 1.54) is 0 Å². The molecule has 0 unspecified atom stereocenters. The zero-order valence-electron chi connectivity index (χ0n) is 11.3. The zero-order chi connectivity index (χ0) is 13.8. The highest BCUT2D eigenvalue weighted by Crippen LogP contribution is 2.19. The van der Waals surface area contributed by atoms with Gasteiger partial charge in [-0.05, 0) is 37.5 Å². The number of aryl methyl sites for hydroxylation is 1. The Morgan fingerprint density at radius 3 is 2.84 bits per heavy atom. The molecule has 5 nitrogen and oxygen atoms in total. The standard InChI is InChI=1S/C14H19N3O2/c1-10-5-3-6-11(9-10)16-14(19)17-8-4-7-12(17)13(18)15-2/h3,5-6,9,12H,4,7-8H2,1-2H3,(H,15,18)(H,16,19)/t12-/m1/s1. The summed E-state index contributed by atoms with van der Waals surface area (Å²) in [5, 5.41) is 5.44. The summed E-state index contributed by atoms with van der Waals surface area (Å²) in [6, 6.07) is 7.05. The molecule has 19 heavy (non-hydrogen) atoms. The fourth-order valence-corrected chi connectivity index (χ4v) is 2.37. The lowest BCUT2D eigenvalue weighted by Crippen LogP contribution is -2.46. The van der Waals surface area contributed by atoms with Gasteiger partial charge in [0.05, 0.1) is 0 Å². The van der Waals surface area contributed by atoms with Gasteiger partial charge in [0, 0.05) is 19.3 Å². The number of carbonyl (C=O) groups is 2. The highest BCUT2D eigenvalue weighted by molar-refractivity contribution is 5.94. The monoisotopic (exact) mass is 261 g/mol. The largest absolute Gasteiger partial charge is 0.357 e. The fourth-order valence-electron chi connectivity index (χ4n) is 2.37. The Morgan fingerprint density at radius 1 is 1.37 bits per heavy atom. The van der Waals surface area contributed by atoms with Crippen LogP contribution in [0.15, 0.2) is 24.3 Å². The van der Waals surface area contributed by atoms with E-state index >= 15 is 0 Å². The molecule has 1 saturated heterocycles. The summed E-state index contributed by atoms with van der Waals surface area (Å²) in [4.78, 5) is 25.5. The maximum atomic E-state index is 12.2. The molecule has 0 bridgehead atoms. The molecule has 0 spiro atoms. The molecule has 1 aliphatic heterocycles. The summed E-state index contributed by atoms with van der Waals surface area (Å²) < 4.78 is 0. The number of likely N-dealkylation sites (tertiary alicyclic amines) is 1. The van der Waals surface area contributed by atoms with Crippen LogP contribution in [0.3, 0.4) is 0 Å². The number of anilines is 1. The van der Waals surface area contributed by atoms with Crippen molar-refractivity contribution in [2.75, 3.05) is 18.9 Å². The predicted octanol–water partition coefficient (Wildman–Crippen LogP) is 1.74. The van der Waals surface area contributed by atoms with Gasteiger partial charge in [0.2, 0.25) is 5.91 Å². The van der Waals surface area contributed by atoms with Crippen LogP contribution >= 0.6 is 0 Å². The number of nitrogens with one attached hydrogen (secondary N) is 2. The van der Waals surface area contributed by atoms with Gasteiger partial charge in [-0.3, -0.25) is 4.79 Å². The Balaban J connectivity index is 2.05. The van der Waals surface area contributed by atoms with Crippen molar-refractivity contribution < 1.29 is 9.59 Å². The van der Waals surface area contributed by atoms with Gasteiger partial charge in [0.15, 0.2) is 0 Å². The van der Waals surface area contributed by atoms with Gasteiger partial charge >= 0.3 is 6.03 Å². The van der Waals surface area contributed by atoms with Crippen LogP contribution in [0.25, 0.3) is 0 Å². The highest BCUT2D eigenvalue weighted by Gasteiger charge is 2.33. The van der Waals surface area contributed by atoms with Crippen molar-refractivity contribution in [2.45, 2.75) is 25.8 Å². The Bertz CT molecular complexity index is 487. The second kappa shape index (κ2) is 5.73. The molecule has 1 atom stereocenters. The Morgan fingerprint density at radius 2 is 2.16 bits per heavy atom. The van der Waals surface area contributed by atoms with Crippen molar-refractivity contribution in [3.8, 4) is 0 Å². The third kappa shape index (κ3) is 3.05. The first-order chi connectivity index (χ1) is 9.11. The Hall–Kier alpha value is -2.04.